The summed E-state index contributed by atoms with van der Waals surface area (Å²) in [5.41, 5.74) is 0.751. The van der Waals surface area contributed by atoms with Crippen LogP contribution in [0.2, 0.25) is 0 Å². The molecular weight excluding hydrogens is 367 g/mol. The molecule has 0 radical (unpaired) electrons. The molecular formula is C21H20F3N3O. The molecule has 0 unspecified atom stereocenters. The van der Waals surface area contributed by atoms with E-state index in [2.05, 4.69) is 11.4 Å². The number of carbonyl (C=O) groups excluding carboxylic acids is 1. The number of nitrogens with zero attached hydrogens (tertiary/aromatic N) is 2. The van der Waals surface area contributed by atoms with Crippen molar-refractivity contribution in [2.24, 2.45) is 0 Å². The van der Waals surface area contributed by atoms with Crippen LogP contribution in [-0.4, -0.2) is 18.0 Å². The van der Waals surface area contributed by atoms with Crippen LogP contribution in [0.3, 0.4) is 0 Å². The van der Waals surface area contributed by atoms with Crippen molar-refractivity contribution < 1.29 is 18.0 Å². The summed E-state index contributed by atoms with van der Waals surface area (Å²) < 4.78 is 39.5. The number of amides is 1. The zero-order valence-electron chi connectivity index (χ0n) is 15.8. The average molecular weight is 387 g/mol. The van der Waals surface area contributed by atoms with E-state index in [9.17, 15) is 18.0 Å². The summed E-state index contributed by atoms with van der Waals surface area (Å²) in [5.74, 6) is -0.418. The van der Waals surface area contributed by atoms with Gasteiger partial charge >= 0.3 is 6.18 Å². The SMILES string of the molecule is Cc1ccc2c(c1)CCN2C(C)(C)C(=O)Nc1ccc(C#N)c(C(F)(F)F)c1. The number of nitriles is 1. The van der Waals surface area contributed by atoms with Crippen molar-refractivity contribution in [3.63, 3.8) is 0 Å². The van der Waals surface area contributed by atoms with E-state index < -0.39 is 28.7 Å². The normalized spacial score (nSPS) is 13.8. The van der Waals surface area contributed by atoms with Crippen LogP contribution < -0.4 is 10.2 Å². The smallest absolute Gasteiger partial charge is 0.357 e. The predicted molar refractivity (Wildman–Crippen MR) is 101 cm³/mol. The Morgan fingerprint density at radius 3 is 2.54 bits per heavy atom. The third-order valence-electron chi connectivity index (χ3n) is 5.06. The second-order valence-corrected chi connectivity index (χ2v) is 7.42. The summed E-state index contributed by atoms with van der Waals surface area (Å²) in [6.07, 6.45) is -3.87. The summed E-state index contributed by atoms with van der Waals surface area (Å²) in [4.78, 5) is 14.9. The number of nitrogens with one attached hydrogen (secondary N) is 1. The monoisotopic (exact) mass is 387 g/mol. The molecule has 0 spiro atoms. The lowest BCUT2D eigenvalue weighted by molar-refractivity contribution is -0.137. The van der Waals surface area contributed by atoms with Gasteiger partial charge in [0.2, 0.25) is 5.91 Å². The Balaban J connectivity index is 1.87. The lowest BCUT2D eigenvalue weighted by atomic mass is 10.00. The molecule has 0 aromatic heterocycles. The van der Waals surface area contributed by atoms with E-state index in [1.807, 2.05) is 24.0 Å². The van der Waals surface area contributed by atoms with Crippen LogP contribution in [0.1, 0.15) is 36.1 Å². The molecule has 2 aromatic carbocycles. The summed E-state index contributed by atoms with van der Waals surface area (Å²) in [6.45, 7) is 6.14. The first-order chi connectivity index (χ1) is 13.0. The van der Waals surface area contributed by atoms with Gasteiger partial charge in [0, 0.05) is 17.9 Å². The van der Waals surface area contributed by atoms with E-state index in [0.29, 0.717) is 6.54 Å². The quantitative estimate of drug-likeness (QED) is 0.833. The van der Waals surface area contributed by atoms with Gasteiger partial charge in [-0.3, -0.25) is 4.79 Å². The van der Waals surface area contributed by atoms with Gasteiger partial charge in [0.25, 0.3) is 0 Å². The number of aryl methyl sites for hydroxylation is 1. The molecule has 4 nitrogen and oxygen atoms in total. The fourth-order valence-corrected chi connectivity index (χ4v) is 3.47. The maximum atomic E-state index is 13.2. The van der Waals surface area contributed by atoms with E-state index in [0.717, 1.165) is 35.4 Å². The molecule has 7 heteroatoms. The van der Waals surface area contributed by atoms with E-state index in [1.165, 1.54) is 12.1 Å². The highest BCUT2D eigenvalue weighted by Gasteiger charge is 2.39. The number of benzene rings is 2. The lowest BCUT2D eigenvalue weighted by Gasteiger charge is -2.36. The third-order valence-corrected chi connectivity index (χ3v) is 5.06. The van der Waals surface area contributed by atoms with Crippen molar-refractivity contribution in [2.75, 3.05) is 16.8 Å². The van der Waals surface area contributed by atoms with Gasteiger partial charge in [-0.15, -0.1) is 0 Å². The first-order valence-electron chi connectivity index (χ1n) is 8.84. The predicted octanol–water partition coefficient (Wildman–Crippen LogP) is 4.67. The maximum absolute atomic E-state index is 13.2. The van der Waals surface area contributed by atoms with Crippen LogP contribution in [0, 0.1) is 18.3 Å². The number of hydrogen-bond acceptors (Lipinski definition) is 3. The Kier molecular flexibility index (Phi) is 4.84. The Morgan fingerprint density at radius 2 is 1.89 bits per heavy atom. The first kappa shape index (κ1) is 19.7. The minimum atomic E-state index is -4.67. The number of rotatable bonds is 3. The van der Waals surface area contributed by atoms with Crippen molar-refractivity contribution in [2.45, 2.75) is 38.9 Å². The maximum Gasteiger partial charge on any atom is 0.417 e. The molecule has 1 aliphatic rings. The lowest BCUT2D eigenvalue weighted by Crippen LogP contribution is -2.52. The second-order valence-electron chi connectivity index (χ2n) is 7.42. The van der Waals surface area contributed by atoms with Crippen LogP contribution in [0.4, 0.5) is 24.5 Å². The number of halogens is 3. The Bertz CT molecular complexity index is 974. The summed E-state index contributed by atoms with van der Waals surface area (Å²) >= 11 is 0. The fraction of sp³-hybridized carbons (Fsp3) is 0.333. The molecule has 1 aliphatic heterocycles. The van der Waals surface area contributed by atoms with E-state index in [-0.39, 0.29) is 5.69 Å². The molecule has 0 bridgehead atoms. The van der Waals surface area contributed by atoms with Crippen molar-refractivity contribution in [3.05, 3.63) is 58.7 Å². The molecule has 0 saturated heterocycles. The van der Waals surface area contributed by atoms with E-state index in [1.54, 1.807) is 13.8 Å². The van der Waals surface area contributed by atoms with Gasteiger partial charge in [0.1, 0.15) is 5.54 Å². The van der Waals surface area contributed by atoms with Crippen molar-refractivity contribution in [1.82, 2.24) is 0 Å². The number of alkyl halides is 3. The minimum Gasteiger partial charge on any atom is -0.357 e. The summed E-state index contributed by atoms with van der Waals surface area (Å²) in [6, 6.07) is 10.7. The van der Waals surface area contributed by atoms with E-state index >= 15 is 0 Å². The highest BCUT2D eigenvalue weighted by Crippen LogP contribution is 2.36. The Labute approximate surface area is 161 Å². The molecule has 1 amide bonds. The van der Waals surface area contributed by atoms with Gasteiger partial charge in [0.15, 0.2) is 0 Å². The largest absolute Gasteiger partial charge is 0.417 e. The van der Waals surface area contributed by atoms with Crippen LogP contribution in [-0.2, 0) is 17.4 Å². The van der Waals surface area contributed by atoms with Gasteiger partial charge in [-0.2, -0.15) is 18.4 Å². The van der Waals surface area contributed by atoms with Crippen LogP contribution in [0.25, 0.3) is 0 Å². The van der Waals surface area contributed by atoms with Crippen molar-refractivity contribution in [3.8, 4) is 6.07 Å². The van der Waals surface area contributed by atoms with E-state index in [4.69, 9.17) is 5.26 Å². The van der Waals surface area contributed by atoms with Gasteiger partial charge in [-0.1, -0.05) is 17.7 Å². The molecule has 28 heavy (non-hydrogen) atoms. The minimum absolute atomic E-state index is 0.00715. The molecule has 2 aromatic rings. The summed E-state index contributed by atoms with van der Waals surface area (Å²) in [5, 5.41) is 11.5. The van der Waals surface area contributed by atoms with Crippen molar-refractivity contribution in [1.29, 1.82) is 5.26 Å². The number of anilines is 2. The molecule has 3 rings (SSSR count). The average Bonchev–Trinajstić information content (AvgIpc) is 3.04. The second kappa shape index (κ2) is 6.86. The molecule has 0 aliphatic carbocycles. The topological polar surface area (TPSA) is 56.1 Å². The van der Waals surface area contributed by atoms with Crippen molar-refractivity contribution >= 4 is 17.3 Å². The van der Waals surface area contributed by atoms with Crippen LogP contribution >= 0.6 is 0 Å². The Morgan fingerprint density at radius 1 is 1.18 bits per heavy atom. The van der Waals surface area contributed by atoms with Gasteiger partial charge in [-0.05, 0) is 57.0 Å². The molecule has 0 fully saturated rings. The zero-order chi connectivity index (χ0) is 20.7. The molecule has 146 valence electrons. The first-order valence-corrected chi connectivity index (χ1v) is 8.84. The molecule has 0 saturated carbocycles. The third kappa shape index (κ3) is 3.55. The molecule has 1 heterocycles. The standard InChI is InChI=1S/C21H20F3N3O/c1-13-4-7-18-14(10-13)8-9-27(18)20(2,3)19(28)26-16-6-5-15(12-25)17(11-16)21(22,23)24/h4-7,10-11H,8-9H2,1-3H3,(H,26,28). The highest BCUT2D eigenvalue weighted by atomic mass is 19.4. The van der Waals surface area contributed by atoms with Crippen LogP contribution in [0.15, 0.2) is 36.4 Å². The van der Waals surface area contributed by atoms with Gasteiger partial charge in [0.05, 0.1) is 17.2 Å². The molecule has 0 atom stereocenters. The number of carbonyl (C=O) groups is 1. The highest BCUT2D eigenvalue weighted by molar-refractivity contribution is 6.00. The summed E-state index contributed by atoms with van der Waals surface area (Å²) in [7, 11) is 0. The number of fused-ring (bicyclic) bond motifs is 1. The molecule has 1 N–H and O–H groups in total. The van der Waals surface area contributed by atoms with Crippen LogP contribution in [0.5, 0.6) is 0 Å². The Hall–Kier alpha value is -3.01. The van der Waals surface area contributed by atoms with Gasteiger partial charge < -0.3 is 10.2 Å². The fourth-order valence-electron chi connectivity index (χ4n) is 3.47. The number of hydrogen-bond donors (Lipinski definition) is 1. The zero-order valence-corrected chi connectivity index (χ0v) is 15.8. The van der Waals surface area contributed by atoms with Gasteiger partial charge in [-0.25, -0.2) is 0 Å².